The topological polar surface area (TPSA) is 77.6 Å². The molecule has 0 radical (unpaired) electrons. The molecular weight excluding hydrogens is 268 g/mol. The van der Waals surface area contributed by atoms with Gasteiger partial charge in [-0.3, -0.25) is 9.48 Å². The predicted octanol–water partition coefficient (Wildman–Crippen LogP) is 1.08. The first-order valence-corrected chi connectivity index (χ1v) is 7.43. The monoisotopic (exact) mass is 288 g/mol. The van der Waals surface area contributed by atoms with Gasteiger partial charge in [0.15, 0.2) is 5.82 Å². The van der Waals surface area contributed by atoms with E-state index in [1.807, 2.05) is 13.0 Å². The summed E-state index contributed by atoms with van der Waals surface area (Å²) in [5.41, 5.74) is 0. The fourth-order valence-electron chi connectivity index (χ4n) is 2.62. The van der Waals surface area contributed by atoms with Crippen LogP contribution in [0, 0.1) is 0 Å². The maximum Gasteiger partial charge on any atom is 0.244 e. The Bertz CT molecular complexity index is 603. The van der Waals surface area contributed by atoms with Crippen molar-refractivity contribution in [3.63, 3.8) is 0 Å². The van der Waals surface area contributed by atoms with Crippen LogP contribution in [0.2, 0.25) is 0 Å². The van der Waals surface area contributed by atoms with E-state index in [0.29, 0.717) is 6.54 Å². The second-order valence-corrected chi connectivity index (χ2v) is 5.37. The largest absolute Gasteiger partial charge is 0.347 e. The van der Waals surface area contributed by atoms with E-state index in [0.717, 1.165) is 31.0 Å². The minimum absolute atomic E-state index is 0.0651. The van der Waals surface area contributed by atoms with Gasteiger partial charge in [0.25, 0.3) is 0 Å². The number of fused-ring (bicyclic) bond motifs is 1. The lowest BCUT2D eigenvalue weighted by molar-refractivity contribution is -0.124. The Morgan fingerprint density at radius 3 is 3.10 bits per heavy atom. The Balaban J connectivity index is 1.63. The van der Waals surface area contributed by atoms with Crippen molar-refractivity contribution in [2.75, 3.05) is 0 Å². The average molecular weight is 288 g/mol. The highest BCUT2D eigenvalue weighted by molar-refractivity contribution is 5.79. The molecule has 0 fully saturated rings. The summed E-state index contributed by atoms with van der Waals surface area (Å²) in [6, 6.07) is 1.48. The van der Waals surface area contributed by atoms with E-state index in [1.165, 1.54) is 12.8 Å². The zero-order valence-electron chi connectivity index (χ0n) is 12.2. The SMILES string of the molecule is CC(C(=O)NCc1nnc2n1CCCCC2)n1cccn1. The van der Waals surface area contributed by atoms with Crippen LogP contribution in [0.3, 0.4) is 0 Å². The number of hydrogen-bond acceptors (Lipinski definition) is 4. The van der Waals surface area contributed by atoms with Gasteiger partial charge >= 0.3 is 0 Å². The van der Waals surface area contributed by atoms with Gasteiger partial charge in [-0.1, -0.05) is 6.42 Å². The summed E-state index contributed by atoms with van der Waals surface area (Å²) in [6.45, 7) is 3.19. The van der Waals surface area contributed by atoms with Crippen LogP contribution in [0.4, 0.5) is 0 Å². The molecule has 112 valence electrons. The van der Waals surface area contributed by atoms with E-state index >= 15 is 0 Å². The van der Waals surface area contributed by atoms with E-state index in [2.05, 4.69) is 25.2 Å². The van der Waals surface area contributed by atoms with Crippen LogP contribution in [0.1, 0.15) is 43.9 Å². The Labute approximate surface area is 123 Å². The van der Waals surface area contributed by atoms with Crippen molar-refractivity contribution in [1.82, 2.24) is 29.9 Å². The molecule has 0 saturated heterocycles. The van der Waals surface area contributed by atoms with Crippen molar-refractivity contribution in [3.8, 4) is 0 Å². The number of rotatable bonds is 4. The predicted molar refractivity (Wildman–Crippen MR) is 76.4 cm³/mol. The van der Waals surface area contributed by atoms with E-state index in [-0.39, 0.29) is 11.9 Å². The van der Waals surface area contributed by atoms with Crippen LogP contribution in [0.25, 0.3) is 0 Å². The van der Waals surface area contributed by atoms with Crippen molar-refractivity contribution in [1.29, 1.82) is 0 Å². The number of aromatic nitrogens is 5. The molecule has 1 N–H and O–H groups in total. The molecule has 2 aromatic heterocycles. The van der Waals surface area contributed by atoms with E-state index in [9.17, 15) is 4.79 Å². The molecule has 1 unspecified atom stereocenters. The van der Waals surface area contributed by atoms with Gasteiger partial charge in [-0.15, -0.1) is 10.2 Å². The van der Waals surface area contributed by atoms with Crippen molar-refractivity contribution < 1.29 is 4.79 Å². The molecule has 0 aromatic carbocycles. The molecule has 1 aliphatic heterocycles. The molecule has 3 heterocycles. The van der Waals surface area contributed by atoms with Crippen molar-refractivity contribution in [3.05, 3.63) is 30.1 Å². The standard InChI is InChI=1S/C14H20N6O/c1-11(20-9-5-7-16-20)14(21)15-10-13-18-17-12-6-3-2-4-8-19(12)13/h5,7,9,11H,2-4,6,8,10H2,1H3,(H,15,21). The van der Waals surface area contributed by atoms with Gasteiger partial charge < -0.3 is 9.88 Å². The number of aryl methyl sites for hydroxylation is 1. The Morgan fingerprint density at radius 2 is 2.29 bits per heavy atom. The highest BCUT2D eigenvalue weighted by Crippen LogP contribution is 2.14. The van der Waals surface area contributed by atoms with Gasteiger partial charge in [0, 0.05) is 25.4 Å². The molecule has 21 heavy (non-hydrogen) atoms. The van der Waals surface area contributed by atoms with Crippen LogP contribution in [0.5, 0.6) is 0 Å². The fourth-order valence-corrected chi connectivity index (χ4v) is 2.62. The first-order chi connectivity index (χ1) is 10.3. The van der Waals surface area contributed by atoms with Crippen LogP contribution in [-0.4, -0.2) is 30.5 Å². The van der Waals surface area contributed by atoms with E-state index in [4.69, 9.17) is 0 Å². The smallest absolute Gasteiger partial charge is 0.244 e. The summed E-state index contributed by atoms with van der Waals surface area (Å²) in [5.74, 6) is 1.81. The summed E-state index contributed by atoms with van der Waals surface area (Å²) in [4.78, 5) is 12.1. The first kappa shape index (κ1) is 13.8. The molecule has 0 bridgehead atoms. The lowest BCUT2D eigenvalue weighted by Crippen LogP contribution is -2.31. The van der Waals surface area contributed by atoms with Gasteiger partial charge in [-0.05, 0) is 25.8 Å². The number of hydrogen-bond donors (Lipinski definition) is 1. The zero-order chi connectivity index (χ0) is 14.7. The Kier molecular flexibility index (Phi) is 3.98. The highest BCUT2D eigenvalue weighted by Gasteiger charge is 2.18. The quantitative estimate of drug-likeness (QED) is 0.913. The number of nitrogens with one attached hydrogen (secondary N) is 1. The van der Waals surface area contributed by atoms with Gasteiger partial charge in [0.1, 0.15) is 11.9 Å². The summed E-state index contributed by atoms with van der Waals surface area (Å²) >= 11 is 0. The van der Waals surface area contributed by atoms with Crippen LogP contribution in [-0.2, 0) is 24.3 Å². The number of nitrogens with zero attached hydrogens (tertiary/aromatic N) is 5. The average Bonchev–Trinajstić information content (AvgIpc) is 3.09. The lowest BCUT2D eigenvalue weighted by Gasteiger charge is -2.13. The first-order valence-electron chi connectivity index (χ1n) is 7.43. The van der Waals surface area contributed by atoms with E-state index < -0.39 is 0 Å². The van der Waals surface area contributed by atoms with E-state index in [1.54, 1.807) is 17.1 Å². The fraction of sp³-hybridized carbons (Fsp3) is 0.571. The van der Waals surface area contributed by atoms with Crippen LogP contribution in [0.15, 0.2) is 18.5 Å². The minimum Gasteiger partial charge on any atom is -0.347 e. The number of carbonyl (C=O) groups is 1. The molecule has 0 spiro atoms. The number of amides is 1. The maximum absolute atomic E-state index is 12.1. The molecule has 1 aliphatic rings. The normalized spacial score (nSPS) is 16.0. The Hall–Kier alpha value is -2.18. The molecule has 7 nitrogen and oxygen atoms in total. The lowest BCUT2D eigenvalue weighted by atomic mass is 10.2. The molecule has 7 heteroatoms. The second-order valence-electron chi connectivity index (χ2n) is 5.37. The van der Waals surface area contributed by atoms with Crippen molar-refractivity contribution in [2.24, 2.45) is 0 Å². The molecule has 2 aromatic rings. The third-order valence-electron chi connectivity index (χ3n) is 3.91. The molecule has 0 aliphatic carbocycles. The minimum atomic E-state index is -0.327. The summed E-state index contributed by atoms with van der Waals surface area (Å²) in [5, 5.41) is 15.5. The van der Waals surface area contributed by atoms with Gasteiger partial charge in [0.05, 0.1) is 6.54 Å². The zero-order valence-corrected chi connectivity index (χ0v) is 12.2. The van der Waals surface area contributed by atoms with Crippen LogP contribution < -0.4 is 5.32 Å². The number of carbonyl (C=O) groups excluding carboxylic acids is 1. The highest BCUT2D eigenvalue weighted by atomic mass is 16.2. The maximum atomic E-state index is 12.1. The van der Waals surface area contributed by atoms with Crippen molar-refractivity contribution in [2.45, 2.75) is 51.7 Å². The van der Waals surface area contributed by atoms with Crippen molar-refractivity contribution >= 4 is 5.91 Å². The molecule has 1 amide bonds. The third kappa shape index (κ3) is 2.96. The van der Waals surface area contributed by atoms with Gasteiger partial charge in [0.2, 0.25) is 5.91 Å². The molecule has 1 atom stereocenters. The third-order valence-corrected chi connectivity index (χ3v) is 3.91. The Morgan fingerprint density at radius 1 is 1.38 bits per heavy atom. The molecular formula is C14H20N6O. The molecule has 0 saturated carbocycles. The second kappa shape index (κ2) is 6.07. The van der Waals surface area contributed by atoms with Gasteiger partial charge in [-0.25, -0.2) is 0 Å². The summed E-state index contributed by atoms with van der Waals surface area (Å²) in [6.07, 6.45) is 7.97. The summed E-state index contributed by atoms with van der Waals surface area (Å²) in [7, 11) is 0. The van der Waals surface area contributed by atoms with Crippen LogP contribution >= 0.6 is 0 Å². The molecule has 3 rings (SSSR count). The van der Waals surface area contributed by atoms with Gasteiger partial charge in [-0.2, -0.15) is 5.10 Å². The summed E-state index contributed by atoms with van der Waals surface area (Å²) < 4.78 is 3.78.